The fourth-order valence-corrected chi connectivity index (χ4v) is 2.57. The summed E-state index contributed by atoms with van der Waals surface area (Å²) in [6.07, 6.45) is 1.14. The highest BCUT2D eigenvalue weighted by Crippen LogP contribution is 2.27. The molecule has 1 N–H and O–H groups in total. The van der Waals surface area contributed by atoms with Gasteiger partial charge in [0.1, 0.15) is 0 Å². The van der Waals surface area contributed by atoms with Crippen molar-refractivity contribution < 1.29 is 4.84 Å². The highest BCUT2D eigenvalue weighted by molar-refractivity contribution is 5.58. The molecular formula is C17H20N2O. The molecule has 1 heterocycles. The van der Waals surface area contributed by atoms with Crippen LogP contribution in [0.25, 0.3) is 0 Å². The predicted molar refractivity (Wildman–Crippen MR) is 81.5 cm³/mol. The minimum absolute atomic E-state index is 0.592. The van der Waals surface area contributed by atoms with Gasteiger partial charge in [-0.05, 0) is 29.2 Å². The average molecular weight is 268 g/mol. The molecule has 1 aliphatic rings. The predicted octanol–water partition coefficient (Wildman–Crippen LogP) is 2.90. The van der Waals surface area contributed by atoms with E-state index < -0.39 is 0 Å². The zero-order valence-electron chi connectivity index (χ0n) is 11.8. The number of hydrogen-bond donors (Lipinski definition) is 1. The highest BCUT2D eigenvalue weighted by atomic mass is 16.6. The van der Waals surface area contributed by atoms with Crippen LogP contribution in [-0.2, 0) is 24.4 Å². The number of anilines is 1. The van der Waals surface area contributed by atoms with Gasteiger partial charge in [-0.1, -0.05) is 42.5 Å². The minimum Gasteiger partial charge on any atom is -0.374 e. The molecule has 0 aromatic heterocycles. The van der Waals surface area contributed by atoms with Crippen molar-refractivity contribution in [3.8, 4) is 0 Å². The quantitative estimate of drug-likeness (QED) is 0.666. The van der Waals surface area contributed by atoms with Crippen LogP contribution in [0.2, 0.25) is 0 Å². The lowest BCUT2D eigenvalue weighted by molar-refractivity contribution is 0.0235. The molecule has 0 aliphatic carbocycles. The van der Waals surface area contributed by atoms with E-state index in [0.29, 0.717) is 6.61 Å². The molecule has 3 heteroatoms. The Kier molecular flexibility index (Phi) is 4.00. The molecule has 0 saturated carbocycles. The Labute approximate surface area is 120 Å². The highest BCUT2D eigenvalue weighted by Gasteiger charge is 2.15. The zero-order valence-corrected chi connectivity index (χ0v) is 11.8. The van der Waals surface area contributed by atoms with E-state index in [1.165, 1.54) is 22.4 Å². The molecule has 20 heavy (non-hydrogen) atoms. The molecule has 0 bridgehead atoms. The van der Waals surface area contributed by atoms with Crippen molar-refractivity contribution in [3.05, 3.63) is 65.2 Å². The number of hydroxylamine groups is 1. The van der Waals surface area contributed by atoms with Crippen LogP contribution in [-0.4, -0.2) is 13.6 Å². The molecule has 3 nitrogen and oxygen atoms in total. The maximum Gasteiger partial charge on any atom is 0.0933 e. The Balaban J connectivity index is 1.50. The van der Waals surface area contributed by atoms with E-state index in [1.54, 1.807) is 0 Å². The number of benzene rings is 2. The summed E-state index contributed by atoms with van der Waals surface area (Å²) >= 11 is 0. The van der Waals surface area contributed by atoms with Crippen molar-refractivity contribution in [2.75, 3.05) is 18.5 Å². The topological polar surface area (TPSA) is 24.5 Å². The molecular weight excluding hydrogens is 248 g/mol. The normalized spacial score (nSPS) is 13.6. The average Bonchev–Trinajstić information content (AvgIpc) is 2.86. The SMILES string of the molecule is CN1CCc2cc(CNOCc3ccccc3)ccc21. The lowest BCUT2D eigenvalue weighted by Crippen LogP contribution is -2.14. The van der Waals surface area contributed by atoms with Crippen LogP contribution >= 0.6 is 0 Å². The fraction of sp³-hybridized carbons (Fsp3) is 0.294. The number of rotatable bonds is 5. The van der Waals surface area contributed by atoms with E-state index in [9.17, 15) is 0 Å². The van der Waals surface area contributed by atoms with Gasteiger partial charge in [-0.3, -0.25) is 4.84 Å². The summed E-state index contributed by atoms with van der Waals surface area (Å²) < 4.78 is 0. The lowest BCUT2D eigenvalue weighted by Gasteiger charge is -2.12. The third-order valence-electron chi connectivity index (χ3n) is 3.73. The number of likely N-dealkylation sites (N-methyl/N-ethyl adjacent to an activating group) is 1. The van der Waals surface area contributed by atoms with Gasteiger partial charge in [0.05, 0.1) is 6.61 Å². The van der Waals surface area contributed by atoms with Crippen molar-refractivity contribution >= 4 is 5.69 Å². The van der Waals surface area contributed by atoms with Crippen LogP contribution in [0.15, 0.2) is 48.5 Å². The Bertz CT molecular complexity index is 568. The van der Waals surface area contributed by atoms with Crippen molar-refractivity contribution in [2.24, 2.45) is 0 Å². The summed E-state index contributed by atoms with van der Waals surface area (Å²) in [5.74, 6) is 0. The van der Waals surface area contributed by atoms with Crippen LogP contribution in [0.4, 0.5) is 5.69 Å². The van der Waals surface area contributed by atoms with E-state index in [1.807, 2.05) is 18.2 Å². The molecule has 3 rings (SSSR count). The molecule has 0 unspecified atom stereocenters. The summed E-state index contributed by atoms with van der Waals surface area (Å²) in [6, 6.07) is 16.8. The monoisotopic (exact) mass is 268 g/mol. The molecule has 0 spiro atoms. The molecule has 2 aromatic carbocycles. The van der Waals surface area contributed by atoms with Gasteiger partial charge in [0.15, 0.2) is 0 Å². The van der Waals surface area contributed by atoms with Gasteiger partial charge in [-0.15, -0.1) is 0 Å². The third-order valence-corrected chi connectivity index (χ3v) is 3.73. The maximum atomic E-state index is 5.50. The summed E-state index contributed by atoms with van der Waals surface area (Å²) in [5.41, 5.74) is 8.29. The molecule has 0 radical (unpaired) electrons. The number of nitrogens with one attached hydrogen (secondary N) is 1. The van der Waals surface area contributed by atoms with Crippen molar-refractivity contribution in [1.29, 1.82) is 0 Å². The van der Waals surface area contributed by atoms with Crippen LogP contribution in [0.3, 0.4) is 0 Å². The summed E-state index contributed by atoms with van der Waals surface area (Å²) in [6.45, 7) is 2.45. The summed E-state index contributed by atoms with van der Waals surface area (Å²) in [5, 5.41) is 0. The Hall–Kier alpha value is -1.84. The van der Waals surface area contributed by atoms with E-state index in [-0.39, 0.29) is 0 Å². The first-order chi connectivity index (χ1) is 9.83. The number of hydrogen-bond acceptors (Lipinski definition) is 3. The van der Waals surface area contributed by atoms with E-state index in [4.69, 9.17) is 4.84 Å². The molecule has 0 amide bonds. The van der Waals surface area contributed by atoms with E-state index in [0.717, 1.165) is 19.5 Å². The molecule has 104 valence electrons. The van der Waals surface area contributed by atoms with Crippen molar-refractivity contribution in [3.63, 3.8) is 0 Å². The van der Waals surface area contributed by atoms with Gasteiger partial charge < -0.3 is 4.90 Å². The van der Waals surface area contributed by atoms with Crippen LogP contribution in [0, 0.1) is 0 Å². The first-order valence-electron chi connectivity index (χ1n) is 7.04. The first kappa shape index (κ1) is 13.2. The minimum atomic E-state index is 0.592. The van der Waals surface area contributed by atoms with Gasteiger partial charge in [0.2, 0.25) is 0 Å². The molecule has 0 fully saturated rings. The third kappa shape index (κ3) is 3.00. The van der Waals surface area contributed by atoms with Gasteiger partial charge in [-0.2, -0.15) is 5.48 Å². The Morgan fingerprint density at radius 1 is 1.10 bits per heavy atom. The van der Waals surface area contributed by atoms with E-state index in [2.05, 4.69) is 47.8 Å². The smallest absolute Gasteiger partial charge is 0.0933 e. The summed E-state index contributed by atoms with van der Waals surface area (Å²) in [7, 11) is 2.15. The molecule has 1 aliphatic heterocycles. The molecule has 0 saturated heterocycles. The first-order valence-corrected chi connectivity index (χ1v) is 7.04. The second-order valence-corrected chi connectivity index (χ2v) is 5.23. The van der Waals surface area contributed by atoms with Gasteiger partial charge in [-0.25, -0.2) is 0 Å². The maximum absolute atomic E-state index is 5.50. The van der Waals surface area contributed by atoms with E-state index >= 15 is 0 Å². The Morgan fingerprint density at radius 3 is 2.80 bits per heavy atom. The largest absolute Gasteiger partial charge is 0.374 e. The van der Waals surface area contributed by atoms with Crippen LogP contribution < -0.4 is 10.4 Å². The number of fused-ring (bicyclic) bond motifs is 1. The summed E-state index contributed by atoms with van der Waals surface area (Å²) in [4.78, 5) is 7.81. The molecule has 0 atom stereocenters. The van der Waals surface area contributed by atoms with Crippen molar-refractivity contribution in [2.45, 2.75) is 19.6 Å². The van der Waals surface area contributed by atoms with Gasteiger partial charge in [0.25, 0.3) is 0 Å². The van der Waals surface area contributed by atoms with Crippen LogP contribution in [0.1, 0.15) is 16.7 Å². The fourth-order valence-electron chi connectivity index (χ4n) is 2.57. The second-order valence-electron chi connectivity index (χ2n) is 5.23. The van der Waals surface area contributed by atoms with Gasteiger partial charge in [0, 0.05) is 25.8 Å². The zero-order chi connectivity index (χ0) is 13.8. The number of nitrogens with zero attached hydrogens (tertiary/aromatic N) is 1. The standard InChI is InChI=1S/C17H20N2O/c1-19-10-9-16-11-15(7-8-17(16)19)12-18-20-13-14-5-3-2-4-6-14/h2-8,11,18H,9-10,12-13H2,1H3. The van der Waals surface area contributed by atoms with Crippen molar-refractivity contribution in [1.82, 2.24) is 5.48 Å². The van der Waals surface area contributed by atoms with Crippen LogP contribution in [0.5, 0.6) is 0 Å². The van der Waals surface area contributed by atoms with Gasteiger partial charge >= 0.3 is 0 Å². The Morgan fingerprint density at radius 2 is 1.95 bits per heavy atom. The lowest BCUT2D eigenvalue weighted by atomic mass is 10.1. The second kappa shape index (κ2) is 6.07. The molecule has 2 aromatic rings.